The molecule has 0 unspecified atom stereocenters. The fourth-order valence-electron chi connectivity index (χ4n) is 1.11. The van der Waals surface area contributed by atoms with Crippen molar-refractivity contribution in [2.45, 2.75) is 52.2 Å². The van der Waals surface area contributed by atoms with Gasteiger partial charge in [0, 0.05) is 0 Å². The van der Waals surface area contributed by atoms with E-state index in [9.17, 15) is 4.79 Å². The van der Waals surface area contributed by atoms with Crippen molar-refractivity contribution >= 4 is 5.91 Å². The maximum absolute atomic E-state index is 11.3. The molecule has 0 aliphatic heterocycles. The zero-order chi connectivity index (χ0) is 11.7. The van der Waals surface area contributed by atoms with Crippen LogP contribution in [-0.4, -0.2) is 24.7 Å². The second-order valence-corrected chi connectivity index (χ2v) is 3.71. The average Bonchev–Trinajstić information content (AvgIpc) is 2.16. The summed E-state index contributed by atoms with van der Waals surface area (Å²) in [5.74, 6) is -0.115. The van der Waals surface area contributed by atoms with Crippen molar-refractivity contribution in [3.63, 3.8) is 0 Å². The number of rotatable bonds is 7. The molecule has 0 bridgehead atoms. The molecule has 0 spiro atoms. The summed E-state index contributed by atoms with van der Waals surface area (Å²) < 4.78 is 5.24. The summed E-state index contributed by atoms with van der Waals surface area (Å²) >= 11 is 0. The summed E-state index contributed by atoms with van der Waals surface area (Å²) in [5.41, 5.74) is 0. The Morgan fingerprint density at radius 3 is 2.67 bits per heavy atom. The predicted octanol–water partition coefficient (Wildman–Crippen LogP) is 1.61. The predicted molar refractivity (Wildman–Crippen MR) is 58.2 cm³/mol. The number of carbonyl (C=O) groups is 1. The summed E-state index contributed by atoms with van der Waals surface area (Å²) in [6.07, 6.45) is 2.05. The molecule has 0 aromatic carbocycles. The van der Waals surface area contributed by atoms with E-state index in [4.69, 9.17) is 10.00 Å². The van der Waals surface area contributed by atoms with Crippen LogP contribution in [0.1, 0.15) is 40.0 Å². The molecule has 4 nitrogen and oxygen atoms in total. The third-order valence-corrected chi connectivity index (χ3v) is 1.85. The molecule has 0 aromatic rings. The molecule has 0 aliphatic carbocycles. The van der Waals surface area contributed by atoms with Crippen LogP contribution < -0.4 is 5.32 Å². The molecule has 0 aliphatic rings. The first kappa shape index (κ1) is 13.9. The minimum absolute atomic E-state index is 0.115. The van der Waals surface area contributed by atoms with Crippen molar-refractivity contribution < 1.29 is 9.53 Å². The third-order valence-electron chi connectivity index (χ3n) is 1.85. The maximum atomic E-state index is 11.3. The van der Waals surface area contributed by atoms with Crippen LogP contribution in [0.2, 0.25) is 0 Å². The largest absolute Gasteiger partial charge is 0.378 e. The highest BCUT2D eigenvalue weighted by atomic mass is 16.5. The van der Waals surface area contributed by atoms with Gasteiger partial charge in [-0.05, 0) is 20.3 Å². The lowest BCUT2D eigenvalue weighted by atomic mass is 10.2. The summed E-state index contributed by atoms with van der Waals surface area (Å²) in [4.78, 5) is 11.3. The van der Waals surface area contributed by atoms with Crippen LogP contribution in [0.25, 0.3) is 0 Å². The molecular formula is C11H20N2O2. The van der Waals surface area contributed by atoms with Crippen LogP contribution in [0.15, 0.2) is 0 Å². The Labute approximate surface area is 91.6 Å². The number of amides is 1. The van der Waals surface area contributed by atoms with Crippen molar-refractivity contribution in [3.05, 3.63) is 0 Å². The lowest BCUT2D eigenvalue weighted by molar-refractivity contribution is -0.122. The van der Waals surface area contributed by atoms with Gasteiger partial charge < -0.3 is 10.1 Å². The summed E-state index contributed by atoms with van der Waals surface area (Å²) in [7, 11) is 0. The molecular weight excluding hydrogens is 192 g/mol. The Morgan fingerprint density at radius 2 is 2.20 bits per heavy atom. The van der Waals surface area contributed by atoms with Gasteiger partial charge in [0.15, 0.2) is 0 Å². The Kier molecular flexibility index (Phi) is 7.65. The number of hydrogen-bond acceptors (Lipinski definition) is 3. The van der Waals surface area contributed by atoms with E-state index < -0.39 is 0 Å². The second kappa shape index (κ2) is 8.25. The van der Waals surface area contributed by atoms with Crippen LogP contribution in [0, 0.1) is 11.3 Å². The molecule has 0 rings (SSSR count). The van der Waals surface area contributed by atoms with Gasteiger partial charge >= 0.3 is 0 Å². The molecule has 1 atom stereocenters. The number of nitrogens with zero attached hydrogens (tertiary/aromatic N) is 1. The fraction of sp³-hybridized carbons (Fsp3) is 0.818. The van der Waals surface area contributed by atoms with Crippen LogP contribution in [0.3, 0.4) is 0 Å². The first-order chi connectivity index (χ1) is 7.10. The van der Waals surface area contributed by atoms with E-state index in [1.54, 1.807) is 0 Å². The van der Waals surface area contributed by atoms with Crippen LogP contribution >= 0.6 is 0 Å². The Morgan fingerprint density at radius 1 is 1.53 bits per heavy atom. The van der Waals surface area contributed by atoms with E-state index in [2.05, 4.69) is 11.4 Å². The molecule has 86 valence electrons. The van der Waals surface area contributed by atoms with E-state index in [-0.39, 0.29) is 18.1 Å². The average molecular weight is 212 g/mol. The van der Waals surface area contributed by atoms with Crippen molar-refractivity contribution in [2.24, 2.45) is 0 Å². The Bertz CT molecular complexity index is 221. The van der Waals surface area contributed by atoms with E-state index in [1.807, 2.05) is 20.8 Å². The zero-order valence-electron chi connectivity index (χ0n) is 9.75. The summed E-state index contributed by atoms with van der Waals surface area (Å²) in [5, 5.41) is 11.4. The van der Waals surface area contributed by atoms with Gasteiger partial charge in [-0.25, -0.2) is 0 Å². The van der Waals surface area contributed by atoms with Crippen molar-refractivity contribution in [1.82, 2.24) is 5.32 Å². The minimum atomic E-state index is -0.360. The molecule has 0 radical (unpaired) electrons. The maximum Gasteiger partial charge on any atom is 0.223 e. The van der Waals surface area contributed by atoms with Gasteiger partial charge in [0.25, 0.3) is 0 Å². The van der Waals surface area contributed by atoms with E-state index in [0.717, 1.165) is 6.42 Å². The highest BCUT2D eigenvalue weighted by molar-refractivity contribution is 5.76. The highest BCUT2D eigenvalue weighted by Gasteiger charge is 2.09. The topological polar surface area (TPSA) is 62.1 Å². The van der Waals surface area contributed by atoms with Gasteiger partial charge in [0.1, 0.15) is 6.04 Å². The van der Waals surface area contributed by atoms with E-state index in [0.29, 0.717) is 19.4 Å². The molecule has 0 fully saturated rings. The summed E-state index contributed by atoms with van der Waals surface area (Å²) in [6.45, 7) is 6.24. The van der Waals surface area contributed by atoms with Crippen LogP contribution in [-0.2, 0) is 9.53 Å². The van der Waals surface area contributed by atoms with Crippen molar-refractivity contribution in [3.8, 4) is 6.07 Å². The Balaban J connectivity index is 3.68. The summed E-state index contributed by atoms with van der Waals surface area (Å²) in [6, 6.07) is 1.70. The molecule has 0 heterocycles. The third kappa shape index (κ3) is 7.95. The normalized spacial score (nSPS) is 12.2. The lowest BCUT2D eigenvalue weighted by Gasteiger charge is -2.11. The molecule has 1 amide bonds. The number of hydrogen-bond donors (Lipinski definition) is 1. The zero-order valence-corrected chi connectivity index (χ0v) is 9.75. The smallest absolute Gasteiger partial charge is 0.223 e. The van der Waals surface area contributed by atoms with E-state index in [1.165, 1.54) is 0 Å². The van der Waals surface area contributed by atoms with Crippen LogP contribution in [0.4, 0.5) is 0 Å². The van der Waals surface area contributed by atoms with Gasteiger partial charge in [-0.3, -0.25) is 4.79 Å². The molecule has 4 heteroatoms. The van der Waals surface area contributed by atoms with Crippen molar-refractivity contribution in [1.29, 1.82) is 5.26 Å². The Hall–Kier alpha value is -1.08. The first-order valence-electron chi connectivity index (χ1n) is 5.40. The van der Waals surface area contributed by atoms with Gasteiger partial charge in [-0.1, -0.05) is 13.3 Å². The highest BCUT2D eigenvalue weighted by Crippen LogP contribution is 1.96. The number of nitrogens with one attached hydrogen (secondary N) is 1. The van der Waals surface area contributed by atoms with Gasteiger partial charge in [0.05, 0.1) is 25.2 Å². The molecule has 0 saturated heterocycles. The van der Waals surface area contributed by atoms with Gasteiger partial charge in [0.2, 0.25) is 5.91 Å². The fourth-order valence-corrected chi connectivity index (χ4v) is 1.11. The number of carbonyl (C=O) groups excluding carboxylic acids is 1. The molecule has 0 saturated carbocycles. The van der Waals surface area contributed by atoms with Gasteiger partial charge in [-0.2, -0.15) is 5.26 Å². The lowest BCUT2D eigenvalue weighted by Crippen LogP contribution is -2.34. The van der Waals surface area contributed by atoms with Crippen LogP contribution in [0.5, 0.6) is 0 Å². The molecule has 0 aromatic heterocycles. The monoisotopic (exact) mass is 212 g/mol. The second-order valence-electron chi connectivity index (χ2n) is 3.71. The quantitative estimate of drug-likeness (QED) is 0.697. The number of ether oxygens (including phenoxy) is 1. The molecule has 1 N–H and O–H groups in total. The standard InChI is InChI=1S/C11H20N2O2/c1-4-5-10(8-12)13-11(14)6-7-15-9(2)3/h9-10H,4-7H2,1-3H3,(H,13,14)/t10-/m1/s1. The van der Waals surface area contributed by atoms with Gasteiger partial charge in [-0.15, -0.1) is 0 Å². The SMILES string of the molecule is CCC[C@H](C#N)NC(=O)CCOC(C)C. The molecule has 15 heavy (non-hydrogen) atoms. The van der Waals surface area contributed by atoms with Crippen molar-refractivity contribution in [2.75, 3.05) is 6.61 Å². The number of nitriles is 1. The minimum Gasteiger partial charge on any atom is -0.378 e. The van der Waals surface area contributed by atoms with E-state index >= 15 is 0 Å². The first-order valence-corrected chi connectivity index (χ1v) is 5.40.